The highest BCUT2D eigenvalue weighted by Crippen LogP contribution is 2.16. The van der Waals surface area contributed by atoms with Crippen LogP contribution in [-0.2, 0) is 70.4 Å². The van der Waals surface area contributed by atoms with Crippen LogP contribution in [0.1, 0.15) is 58.6 Å². The Labute approximate surface area is 500 Å². The summed E-state index contributed by atoms with van der Waals surface area (Å²) in [5.74, 6) is -14.9. The van der Waals surface area contributed by atoms with Gasteiger partial charge >= 0.3 is 0 Å². The minimum absolute atomic E-state index is 0.0360. The zero-order valence-electron chi connectivity index (χ0n) is 47.4. The quantitative estimate of drug-likeness (QED) is 0.0782. The van der Waals surface area contributed by atoms with Gasteiger partial charge in [-0.25, -0.2) is 0 Å². The SMILES string of the molecule is CC[C@H](C)[C@@H]1NC(=O)[C@H](Cc2ccc(O)cc2)NC(=O)[C@H](CS)NC(=O)[C@H](CO)NC(=O)[C@H](CC(C)C)NC(=O)CNC(=O)[C@H](C)NC(=O)[C@H](CO)NC(=O)[C@H](CO)NC(=O)[C@H](CS)NC(=O)[C@H](Cc2ccc(O)cc2)NC(=O)[C@H](CO)NC1=O. The Morgan fingerprint density at radius 1 is 0.424 bits per heavy atom. The first kappa shape index (κ1) is 71.5. The molecule has 0 aliphatic carbocycles. The van der Waals surface area contributed by atoms with Crippen molar-refractivity contribution in [3.8, 4) is 11.5 Å². The van der Waals surface area contributed by atoms with Gasteiger partial charge in [0.05, 0.1) is 33.0 Å². The molecule has 1 aliphatic heterocycles. The molecule has 18 N–H and O–H groups in total. The number of aromatic hydroxyl groups is 2. The first-order valence-corrected chi connectivity index (χ1v) is 28.3. The van der Waals surface area contributed by atoms with Crippen molar-refractivity contribution in [2.75, 3.05) is 44.5 Å². The Morgan fingerprint density at radius 3 is 1.11 bits per heavy atom. The molecule has 470 valence electrons. The van der Waals surface area contributed by atoms with Crippen molar-refractivity contribution in [2.45, 2.75) is 127 Å². The smallest absolute Gasteiger partial charge is 0.245 e. The lowest BCUT2D eigenvalue weighted by Gasteiger charge is -2.29. The molecular weight excluding hydrogens is 1160 g/mol. The highest BCUT2D eigenvalue weighted by atomic mass is 32.1. The maximum Gasteiger partial charge on any atom is 0.245 e. The molecule has 0 unspecified atom stereocenters. The Hall–Kier alpha value is -7.78. The van der Waals surface area contributed by atoms with Crippen LogP contribution in [0.2, 0.25) is 0 Å². The molecule has 1 saturated heterocycles. The predicted molar refractivity (Wildman–Crippen MR) is 309 cm³/mol. The minimum Gasteiger partial charge on any atom is -0.508 e. The average molecular weight is 1240 g/mol. The molecular formula is C53H78N12O18S2. The summed E-state index contributed by atoms with van der Waals surface area (Å²) in [6.07, 6.45) is -0.449. The molecule has 0 bridgehead atoms. The number of phenols is 2. The van der Waals surface area contributed by atoms with E-state index in [0.29, 0.717) is 11.1 Å². The summed E-state index contributed by atoms with van der Waals surface area (Å²) < 4.78 is 0. The van der Waals surface area contributed by atoms with Gasteiger partial charge in [0.1, 0.15) is 78.0 Å². The van der Waals surface area contributed by atoms with E-state index in [0.717, 1.165) is 0 Å². The monoisotopic (exact) mass is 1230 g/mol. The van der Waals surface area contributed by atoms with E-state index >= 15 is 0 Å². The summed E-state index contributed by atoms with van der Waals surface area (Å²) in [5.41, 5.74) is 0.722. The number of hydrogen-bond donors (Lipinski definition) is 20. The Balaban J connectivity index is 2.11. The fraction of sp³-hybridized carbons (Fsp3) is 0.547. The molecule has 85 heavy (non-hydrogen) atoms. The molecule has 32 heteroatoms. The number of thiol groups is 2. The first-order valence-electron chi connectivity index (χ1n) is 27.0. The van der Waals surface area contributed by atoms with Gasteiger partial charge in [0.25, 0.3) is 0 Å². The second-order valence-corrected chi connectivity index (χ2v) is 21.1. The Kier molecular flexibility index (Phi) is 29.9. The lowest BCUT2D eigenvalue weighted by molar-refractivity contribution is -0.137. The number of hydrogen-bond acceptors (Lipinski definition) is 20. The van der Waals surface area contributed by atoms with Gasteiger partial charge in [0.2, 0.25) is 70.9 Å². The van der Waals surface area contributed by atoms with Gasteiger partial charge < -0.3 is 94.4 Å². The summed E-state index contributed by atoms with van der Waals surface area (Å²) in [5, 5.41) is 89.1. The molecule has 1 heterocycles. The van der Waals surface area contributed by atoms with Crippen molar-refractivity contribution in [2.24, 2.45) is 11.8 Å². The van der Waals surface area contributed by atoms with E-state index in [2.05, 4.69) is 89.1 Å². The van der Waals surface area contributed by atoms with Crippen LogP contribution in [0, 0.1) is 11.8 Å². The van der Waals surface area contributed by atoms with Crippen LogP contribution in [0.25, 0.3) is 0 Å². The Bertz CT molecular complexity index is 2660. The van der Waals surface area contributed by atoms with E-state index in [9.17, 15) is 88.2 Å². The van der Waals surface area contributed by atoms with E-state index in [1.807, 2.05) is 0 Å². The van der Waals surface area contributed by atoms with Crippen molar-refractivity contribution in [3.05, 3.63) is 59.7 Å². The summed E-state index contributed by atoms with van der Waals surface area (Å²) in [7, 11) is 0. The van der Waals surface area contributed by atoms with Gasteiger partial charge in [-0.3, -0.25) is 57.5 Å². The maximum absolute atomic E-state index is 14.4. The van der Waals surface area contributed by atoms with Crippen molar-refractivity contribution < 1.29 is 88.2 Å². The standard InChI is InChI=1S/C53H78N12O18S2/c1-6-26(4)42-53(83)62-38(22-69)48(78)57-33(16-28-7-11-30(70)12-8-28)45(75)63-40(24-85)52(82)61-36(20-67)49(79)60-35(19-66)47(77)55-27(5)43(73)54-18-41(72)56-32(15-25(2)3)44(74)59-37(21-68)50(80)64-39(23-84)51(81)58-34(46(76)65-42)17-29-9-13-31(71)14-10-29/h7-14,25-27,32-40,42,66-71,84-85H,6,15-24H2,1-5H3,(H,54,73)(H,55,77)(H,56,72)(H,57,78)(H,58,81)(H,59,74)(H,60,79)(H,61,82)(H,62,83)(H,63,75)(H,64,80)(H,65,76)/t26-,27-,32-,33-,34-,35-,36-,37-,38-,39-,40-,42-/m0/s1. The second-order valence-electron chi connectivity index (χ2n) is 20.4. The lowest BCUT2D eigenvalue weighted by Crippen LogP contribution is -2.63. The fourth-order valence-electron chi connectivity index (χ4n) is 8.09. The van der Waals surface area contributed by atoms with Crippen molar-refractivity contribution in [1.82, 2.24) is 63.8 Å². The zero-order chi connectivity index (χ0) is 63.7. The highest BCUT2D eigenvalue weighted by molar-refractivity contribution is 7.80. The number of phenolic OH excluding ortho intramolecular Hbond substituents is 2. The summed E-state index contributed by atoms with van der Waals surface area (Å²) in [6.45, 7) is 2.75. The molecule has 0 radical (unpaired) electrons. The van der Waals surface area contributed by atoms with Crippen molar-refractivity contribution >= 4 is 96.1 Å². The van der Waals surface area contributed by atoms with Gasteiger partial charge in [0.15, 0.2) is 0 Å². The summed E-state index contributed by atoms with van der Waals surface area (Å²) in [4.78, 5) is 164. The highest BCUT2D eigenvalue weighted by Gasteiger charge is 2.37. The number of rotatable bonds is 14. The van der Waals surface area contributed by atoms with E-state index in [4.69, 9.17) is 0 Å². The third-order valence-corrected chi connectivity index (χ3v) is 14.0. The second kappa shape index (κ2) is 35.5. The number of aliphatic hydroxyl groups excluding tert-OH is 4. The molecule has 0 aromatic heterocycles. The fourth-order valence-corrected chi connectivity index (χ4v) is 8.60. The van der Waals surface area contributed by atoms with Crippen LogP contribution >= 0.6 is 25.3 Å². The molecule has 12 amide bonds. The molecule has 0 spiro atoms. The Morgan fingerprint density at radius 2 is 0.741 bits per heavy atom. The molecule has 1 aliphatic rings. The van der Waals surface area contributed by atoms with Crippen LogP contribution in [0.4, 0.5) is 0 Å². The minimum atomic E-state index is -1.85. The largest absolute Gasteiger partial charge is 0.508 e. The van der Waals surface area contributed by atoms with Crippen LogP contribution < -0.4 is 63.8 Å². The topological polar surface area (TPSA) is 471 Å². The van der Waals surface area contributed by atoms with Crippen molar-refractivity contribution in [1.29, 1.82) is 0 Å². The normalized spacial score (nSPS) is 26.3. The number of benzene rings is 2. The molecule has 2 aromatic rings. The molecule has 2 aromatic carbocycles. The number of aliphatic hydroxyl groups is 4. The number of carbonyl (C=O) groups excluding carboxylic acids is 12. The number of nitrogens with one attached hydrogen (secondary N) is 12. The van der Waals surface area contributed by atoms with Crippen LogP contribution in [-0.4, -0.2) is 212 Å². The van der Waals surface area contributed by atoms with Gasteiger partial charge in [-0.2, -0.15) is 25.3 Å². The van der Waals surface area contributed by atoms with Gasteiger partial charge in [-0.15, -0.1) is 0 Å². The van der Waals surface area contributed by atoms with Gasteiger partial charge in [-0.05, 0) is 60.6 Å². The third-order valence-electron chi connectivity index (χ3n) is 13.2. The van der Waals surface area contributed by atoms with Gasteiger partial charge in [0, 0.05) is 24.3 Å². The molecule has 3 rings (SSSR count). The van der Waals surface area contributed by atoms with Crippen molar-refractivity contribution in [3.63, 3.8) is 0 Å². The molecule has 0 saturated carbocycles. The van der Waals surface area contributed by atoms with Crippen LogP contribution in [0.3, 0.4) is 0 Å². The van der Waals surface area contributed by atoms with Crippen LogP contribution in [0.5, 0.6) is 11.5 Å². The summed E-state index contributed by atoms with van der Waals surface area (Å²) >= 11 is 8.37. The molecule has 12 atom stereocenters. The maximum atomic E-state index is 14.4. The lowest BCUT2D eigenvalue weighted by atomic mass is 9.96. The van der Waals surface area contributed by atoms with Crippen LogP contribution in [0.15, 0.2) is 48.5 Å². The van der Waals surface area contributed by atoms with E-state index in [-0.39, 0.29) is 43.1 Å². The zero-order valence-corrected chi connectivity index (χ0v) is 49.2. The number of carbonyl (C=O) groups is 12. The first-order chi connectivity index (χ1) is 40.2. The summed E-state index contributed by atoms with van der Waals surface area (Å²) in [6, 6.07) is -7.10. The van der Waals surface area contributed by atoms with Gasteiger partial charge in [-0.1, -0.05) is 58.4 Å². The molecule has 30 nitrogen and oxygen atoms in total. The van der Waals surface area contributed by atoms with E-state index in [1.165, 1.54) is 55.5 Å². The number of amides is 12. The molecule has 1 fully saturated rings. The third kappa shape index (κ3) is 23.0. The predicted octanol–water partition coefficient (Wildman–Crippen LogP) is -6.71. The van der Waals surface area contributed by atoms with E-state index < -0.39 is 188 Å². The van der Waals surface area contributed by atoms with E-state index in [1.54, 1.807) is 27.7 Å². The average Bonchev–Trinajstić information content (AvgIpc) is 3.67.